The molecular formula is C9H9F2N3O. The van der Waals surface area contributed by atoms with Crippen molar-refractivity contribution < 1.29 is 13.5 Å². The number of aryl methyl sites for hydroxylation is 1. The van der Waals surface area contributed by atoms with Gasteiger partial charge in [-0.25, -0.2) is 0 Å². The van der Waals surface area contributed by atoms with Gasteiger partial charge in [-0.05, 0) is 6.07 Å². The first-order chi connectivity index (χ1) is 7.06. The van der Waals surface area contributed by atoms with E-state index in [-0.39, 0.29) is 11.4 Å². The van der Waals surface area contributed by atoms with E-state index in [9.17, 15) is 8.78 Å². The molecule has 0 saturated heterocycles. The van der Waals surface area contributed by atoms with Gasteiger partial charge in [0.1, 0.15) is 0 Å². The molecule has 4 nitrogen and oxygen atoms in total. The number of alkyl halides is 2. The van der Waals surface area contributed by atoms with Crippen LogP contribution in [0.4, 0.5) is 14.5 Å². The van der Waals surface area contributed by atoms with Crippen LogP contribution in [0.5, 0.6) is 5.75 Å². The molecule has 1 aromatic carbocycles. The fraction of sp³-hybridized carbons (Fsp3) is 0.222. The average molecular weight is 213 g/mol. The van der Waals surface area contributed by atoms with E-state index in [1.54, 1.807) is 24.0 Å². The van der Waals surface area contributed by atoms with Crippen LogP contribution in [0, 0.1) is 0 Å². The minimum Gasteiger partial charge on any atom is -0.433 e. The van der Waals surface area contributed by atoms with Crippen molar-refractivity contribution in [1.29, 1.82) is 0 Å². The molecule has 0 bridgehead atoms. The van der Waals surface area contributed by atoms with E-state index in [0.717, 1.165) is 5.39 Å². The number of aromatic nitrogens is 2. The van der Waals surface area contributed by atoms with Gasteiger partial charge in [0, 0.05) is 24.7 Å². The van der Waals surface area contributed by atoms with E-state index in [1.165, 1.54) is 6.07 Å². The fourth-order valence-corrected chi connectivity index (χ4v) is 1.39. The highest BCUT2D eigenvalue weighted by atomic mass is 19.3. The molecule has 1 heterocycles. The zero-order valence-corrected chi connectivity index (χ0v) is 7.95. The maximum atomic E-state index is 12.0. The summed E-state index contributed by atoms with van der Waals surface area (Å²) in [4.78, 5) is 0. The smallest absolute Gasteiger partial charge is 0.387 e. The zero-order chi connectivity index (χ0) is 11.0. The van der Waals surface area contributed by atoms with E-state index in [0.29, 0.717) is 5.52 Å². The topological polar surface area (TPSA) is 53.1 Å². The Morgan fingerprint density at radius 1 is 1.47 bits per heavy atom. The molecule has 0 aliphatic rings. The van der Waals surface area contributed by atoms with Crippen molar-refractivity contribution in [2.45, 2.75) is 6.61 Å². The lowest BCUT2D eigenvalue weighted by molar-refractivity contribution is -0.0492. The zero-order valence-electron chi connectivity index (χ0n) is 7.95. The molecule has 6 heteroatoms. The molecule has 1 aromatic heterocycles. The van der Waals surface area contributed by atoms with Crippen molar-refractivity contribution in [2.24, 2.45) is 7.05 Å². The number of fused-ring (bicyclic) bond motifs is 1. The minimum atomic E-state index is -2.88. The molecule has 0 aliphatic carbocycles. The number of benzene rings is 1. The summed E-state index contributed by atoms with van der Waals surface area (Å²) in [6.07, 6.45) is 1.75. The Morgan fingerprint density at radius 3 is 2.87 bits per heavy atom. The first-order valence-electron chi connectivity index (χ1n) is 4.24. The van der Waals surface area contributed by atoms with Gasteiger partial charge in [0.15, 0.2) is 5.75 Å². The molecule has 2 N–H and O–H groups in total. The monoisotopic (exact) mass is 213 g/mol. The highest BCUT2D eigenvalue weighted by Gasteiger charge is 2.10. The Morgan fingerprint density at radius 2 is 2.20 bits per heavy atom. The Balaban J connectivity index is 2.51. The van der Waals surface area contributed by atoms with Gasteiger partial charge in [-0.1, -0.05) is 0 Å². The molecule has 0 spiro atoms. The lowest BCUT2D eigenvalue weighted by Crippen LogP contribution is -2.04. The number of nitrogens with two attached hydrogens (primary N) is 1. The predicted molar refractivity (Wildman–Crippen MR) is 51.8 cm³/mol. The number of rotatable bonds is 2. The lowest BCUT2D eigenvalue weighted by Gasteiger charge is -2.06. The maximum Gasteiger partial charge on any atom is 0.387 e. The first-order valence-corrected chi connectivity index (χ1v) is 4.24. The summed E-state index contributed by atoms with van der Waals surface area (Å²) in [5, 5.41) is 4.85. The van der Waals surface area contributed by atoms with Gasteiger partial charge in [-0.15, -0.1) is 0 Å². The van der Waals surface area contributed by atoms with Gasteiger partial charge in [0.2, 0.25) is 0 Å². The largest absolute Gasteiger partial charge is 0.433 e. The lowest BCUT2D eigenvalue weighted by atomic mass is 10.2. The van der Waals surface area contributed by atoms with Gasteiger partial charge in [0.25, 0.3) is 0 Å². The van der Waals surface area contributed by atoms with Crippen molar-refractivity contribution in [3.8, 4) is 5.75 Å². The van der Waals surface area contributed by atoms with Crippen LogP contribution < -0.4 is 10.5 Å². The van der Waals surface area contributed by atoms with Crippen molar-refractivity contribution in [1.82, 2.24) is 9.78 Å². The molecule has 2 aromatic rings. The number of anilines is 1. The summed E-state index contributed by atoms with van der Waals surface area (Å²) in [5.74, 6) is -0.0452. The Bertz CT molecular complexity index is 495. The standard InChI is InChI=1S/C9H9F2N3O/c1-14-4-5-2-6(12)8(15-9(10)11)3-7(5)13-14/h2-4,9H,12H2,1H3. The van der Waals surface area contributed by atoms with E-state index in [2.05, 4.69) is 9.84 Å². The molecule has 80 valence electrons. The molecule has 0 radical (unpaired) electrons. The summed E-state index contributed by atoms with van der Waals surface area (Å²) in [6, 6.07) is 2.96. The van der Waals surface area contributed by atoms with Gasteiger partial charge >= 0.3 is 6.61 Å². The third kappa shape index (κ3) is 1.83. The Hall–Kier alpha value is -1.85. The minimum absolute atomic E-state index is 0.0452. The van der Waals surface area contributed by atoms with Crippen LogP contribution in [0.2, 0.25) is 0 Å². The molecule has 0 unspecified atom stereocenters. The first kappa shape index (κ1) is 9.70. The van der Waals surface area contributed by atoms with Gasteiger partial charge in [0.05, 0.1) is 11.2 Å². The van der Waals surface area contributed by atoms with Crippen LogP contribution in [-0.4, -0.2) is 16.4 Å². The Labute approximate surface area is 84.2 Å². The van der Waals surface area contributed by atoms with Crippen LogP contribution in [0.3, 0.4) is 0 Å². The molecule has 2 rings (SSSR count). The number of nitrogen functional groups attached to an aromatic ring is 1. The van der Waals surface area contributed by atoms with E-state index in [1.807, 2.05) is 0 Å². The van der Waals surface area contributed by atoms with Gasteiger partial charge in [-0.3, -0.25) is 4.68 Å². The maximum absolute atomic E-state index is 12.0. The molecule has 0 saturated carbocycles. The molecular weight excluding hydrogens is 204 g/mol. The molecule has 15 heavy (non-hydrogen) atoms. The fourth-order valence-electron chi connectivity index (χ4n) is 1.39. The number of ether oxygens (including phenoxy) is 1. The second kappa shape index (κ2) is 3.38. The van der Waals surface area contributed by atoms with Crippen LogP contribution in [0.25, 0.3) is 10.9 Å². The van der Waals surface area contributed by atoms with E-state index < -0.39 is 6.61 Å². The summed E-state index contributed by atoms with van der Waals surface area (Å²) in [5.41, 5.74) is 6.30. The molecule has 0 amide bonds. The van der Waals surface area contributed by atoms with E-state index in [4.69, 9.17) is 5.73 Å². The third-order valence-corrected chi connectivity index (χ3v) is 1.97. The van der Waals surface area contributed by atoms with Gasteiger partial charge in [-0.2, -0.15) is 13.9 Å². The number of hydrogen-bond donors (Lipinski definition) is 1. The van der Waals surface area contributed by atoms with Crippen LogP contribution in [0.1, 0.15) is 0 Å². The van der Waals surface area contributed by atoms with Crippen molar-refractivity contribution in [2.75, 3.05) is 5.73 Å². The quantitative estimate of drug-likeness (QED) is 0.773. The number of hydrogen-bond acceptors (Lipinski definition) is 3. The predicted octanol–water partition coefficient (Wildman–Crippen LogP) is 1.76. The Kier molecular flexibility index (Phi) is 2.18. The third-order valence-electron chi connectivity index (χ3n) is 1.97. The van der Waals surface area contributed by atoms with Crippen molar-refractivity contribution in [3.05, 3.63) is 18.3 Å². The summed E-state index contributed by atoms with van der Waals surface area (Å²) in [7, 11) is 1.74. The summed E-state index contributed by atoms with van der Waals surface area (Å²) < 4.78 is 29.8. The van der Waals surface area contributed by atoms with Crippen LogP contribution in [0.15, 0.2) is 18.3 Å². The van der Waals surface area contributed by atoms with Crippen molar-refractivity contribution in [3.63, 3.8) is 0 Å². The van der Waals surface area contributed by atoms with Crippen molar-refractivity contribution >= 4 is 16.6 Å². The molecule has 0 aliphatic heterocycles. The van der Waals surface area contributed by atoms with Gasteiger partial charge < -0.3 is 10.5 Å². The number of halogens is 2. The van der Waals surface area contributed by atoms with Crippen LogP contribution in [-0.2, 0) is 7.05 Å². The second-order valence-corrected chi connectivity index (χ2v) is 3.13. The summed E-state index contributed by atoms with van der Waals surface area (Å²) >= 11 is 0. The second-order valence-electron chi connectivity index (χ2n) is 3.13. The average Bonchev–Trinajstić information content (AvgIpc) is 2.44. The number of nitrogens with zero attached hydrogens (tertiary/aromatic N) is 2. The molecule has 0 atom stereocenters. The van der Waals surface area contributed by atoms with Crippen LogP contribution >= 0.6 is 0 Å². The van der Waals surface area contributed by atoms with E-state index >= 15 is 0 Å². The summed E-state index contributed by atoms with van der Waals surface area (Å²) in [6.45, 7) is -2.88. The highest BCUT2D eigenvalue weighted by Crippen LogP contribution is 2.28. The highest BCUT2D eigenvalue weighted by molar-refractivity contribution is 5.84. The molecule has 0 fully saturated rings. The SMILES string of the molecule is Cn1cc2cc(N)c(OC(F)F)cc2n1. The normalized spacial score (nSPS) is 11.2.